The average Bonchev–Trinajstić information content (AvgIpc) is 2.40. The van der Waals surface area contributed by atoms with Gasteiger partial charge in [-0.3, -0.25) is 9.59 Å². The Kier molecular flexibility index (Phi) is 4.37. The predicted molar refractivity (Wildman–Crippen MR) is 74.4 cm³/mol. The fraction of sp³-hybridized carbons (Fsp3) is 0.571. The Hall–Kier alpha value is -1.62. The summed E-state index contributed by atoms with van der Waals surface area (Å²) >= 11 is 0. The lowest BCUT2D eigenvalue weighted by Gasteiger charge is -2.33. The smallest absolute Gasteiger partial charge is 0.260 e. The molecule has 0 bridgehead atoms. The Morgan fingerprint density at radius 3 is 2.84 bits per heavy atom. The highest BCUT2D eigenvalue weighted by atomic mass is 16.2. The zero-order valence-corrected chi connectivity index (χ0v) is 11.5. The minimum atomic E-state index is -0.299. The van der Waals surface area contributed by atoms with E-state index in [0.717, 1.165) is 31.6 Å². The molecule has 2 rings (SSSR count). The number of pyridine rings is 1. The fourth-order valence-electron chi connectivity index (χ4n) is 2.56. The largest absolute Gasteiger partial charge is 0.334 e. The Morgan fingerprint density at radius 1 is 1.47 bits per heavy atom. The number of aromatic amines is 1. The molecule has 0 aromatic carbocycles. The molecule has 1 aromatic rings. The number of hydrogen-bond donors (Lipinski definition) is 2. The monoisotopic (exact) mass is 263 g/mol. The van der Waals surface area contributed by atoms with E-state index in [1.165, 1.54) is 0 Å². The van der Waals surface area contributed by atoms with Crippen LogP contribution < -0.4 is 10.9 Å². The van der Waals surface area contributed by atoms with Gasteiger partial charge < -0.3 is 15.2 Å². The molecule has 1 aromatic heterocycles. The van der Waals surface area contributed by atoms with Crippen molar-refractivity contribution in [2.75, 3.05) is 19.6 Å². The van der Waals surface area contributed by atoms with Gasteiger partial charge in [-0.1, -0.05) is 0 Å². The van der Waals surface area contributed by atoms with Crippen molar-refractivity contribution >= 4 is 5.91 Å². The normalized spacial score (nSPS) is 19.2. The highest BCUT2D eigenvalue weighted by Crippen LogP contribution is 2.12. The van der Waals surface area contributed by atoms with Crippen LogP contribution in [0, 0.1) is 6.92 Å². The van der Waals surface area contributed by atoms with E-state index in [9.17, 15) is 9.59 Å². The number of rotatable bonds is 3. The third-order valence-corrected chi connectivity index (χ3v) is 3.60. The number of carbonyl (C=O) groups is 1. The van der Waals surface area contributed by atoms with E-state index >= 15 is 0 Å². The van der Waals surface area contributed by atoms with Crippen LogP contribution in [0.25, 0.3) is 0 Å². The molecule has 1 aliphatic heterocycles. The second-order valence-corrected chi connectivity index (χ2v) is 4.98. The first kappa shape index (κ1) is 13.8. The Labute approximate surface area is 113 Å². The van der Waals surface area contributed by atoms with Crippen molar-refractivity contribution in [1.29, 1.82) is 0 Å². The van der Waals surface area contributed by atoms with E-state index in [1.807, 2.05) is 6.92 Å². The molecule has 1 fully saturated rings. The van der Waals surface area contributed by atoms with Gasteiger partial charge in [0, 0.05) is 24.8 Å². The fourth-order valence-corrected chi connectivity index (χ4v) is 2.56. The number of aromatic nitrogens is 1. The van der Waals surface area contributed by atoms with E-state index in [1.54, 1.807) is 24.0 Å². The summed E-state index contributed by atoms with van der Waals surface area (Å²) in [4.78, 5) is 28.8. The lowest BCUT2D eigenvalue weighted by atomic mass is 10.0. The van der Waals surface area contributed by atoms with Crippen LogP contribution in [0.5, 0.6) is 0 Å². The Balaban J connectivity index is 2.22. The van der Waals surface area contributed by atoms with Gasteiger partial charge in [0.05, 0.1) is 0 Å². The maximum atomic E-state index is 12.5. The molecular formula is C14H21N3O2. The summed E-state index contributed by atoms with van der Waals surface area (Å²) in [6.45, 7) is 6.20. The first-order valence-corrected chi connectivity index (χ1v) is 6.85. The number of likely N-dealkylation sites (N-methyl/N-ethyl adjacent to an activating group) is 1. The molecule has 0 aliphatic carbocycles. The molecule has 0 saturated carbocycles. The number of H-pyrrole nitrogens is 1. The average molecular weight is 263 g/mol. The summed E-state index contributed by atoms with van der Waals surface area (Å²) in [5, 5.41) is 3.30. The summed E-state index contributed by atoms with van der Waals surface area (Å²) in [5.41, 5.74) is 0.703. The summed E-state index contributed by atoms with van der Waals surface area (Å²) < 4.78 is 0. The third-order valence-electron chi connectivity index (χ3n) is 3.60. The molecule has 19 heavy (non-hydrogen) atoms. The Morgan fingerprint density at radius 2 is 2.26 bits per heavy atom. The summed E-state index contributed by atoms with van der Waals surface area (Å²) in [6, 6.07) is 3.57. The summed E-state index contributed by atoms with van der Waals surface area (Å²) in [7, 11) is 0. The van der Waals surface area contributed by atoms with Crippen molar-refractivity contribution in [3.63, 3.8) is 0 Å². The van der Waals surface area contributed by atoms with Crippen molar-refractivity contribution in [3.8, 4) is 0 Å². The van der Waals surface area contributed by atoms with Gasteiger partial charge in [0.25, 0.3) is 11.5 Å². The van der Waals surface area contributed by atoms with Crippen LogP contribution in [-0.2, 0) is 0 Å². The van der Waals surface area contributed by atoms with Gasteiger partial charge in [-0.2, -0.15) is 0 Å². The third kappa shape index (κ3) is 3.04. The van der Waals surface area contributed by atoms with Gasteiger partial charge >= 0.3 is 0 Å². The SMILES string of the molecule is CCN(C(=O)c1ccc(C)[nH]c1=O)C1CCCNC1. The molecule has 5 heteroatoms. The van der Waals surface area contributed by atoms with Crippen LogP contribution in [0.15, 0.2) is 16.9 Å². The predicted octanol–water partition coefficient (Wildman–Crippen LogP) is 0.897. The van der Waals surface area contributed by atoms with Gasteiger partial charge in [0.2, 0.25) is 0 Å². The number of nitrogens with zero attached hydrogens (tertiary/aromatic N) is 1. The molecule has 5 nitrogen and oxygen atoms in total. The van der Waals surface area contributed by atoms with Crippen molar-refractivity contribution < 1.29 is 4.79 Å². The van der Waals surface area contributed by atoms with E-state index < -0.39 is 0 Å². The van der Waals surface area contributed by atoms with Gasteiger partial charge in [-0.15, -0.1) is 0 Å². The first-order chi connectivity index (χ1) is 9.13. The van der Waals surface area contributed by atoms with E-state index in [2.05, 4.69) is 10.3 Å². The Bertz CT molecular complexity index is 504. The van der Waals surface area contributed by atoms with Crippen LogP contribution in [0.1, 0.15) is 35.8 Å². The lowest BCUT2D eigenvalue weighted by molar-refractivity contribution is 0.0660. The van der Waals surface area contributed by atoms with Crippen LogP contribution >= 0.6 is 0 Å². The molecule has 0 spiro atoms. The molecule has 2 N–H and O–H groups in total. The minimum absolute atomic E-state index is 0.169. The zero-order chi connectivity index (χ0) is 13.8. The second-order valence-electron chi connectivity index (χ2n) is 4.98. The van der Waals surface area contributed by atoms with E-state index in [-0.39, 0.29) is 23.1 Å². The maximum absolute atomic E-state index is 12.5. The minimum Gasteiger partial charge on any atom is -0.334 e. The molecular weight excluding hydrogens is 242 g/mol. The molecule has 104 valence electrons. The van der Waals surface area contributed by atoms with Crippen molar-refractivity contribution in [2.45, 2.75) is 32.7 Å². The van der Waals surface area contributed by atoms with Gasteiger partial charge in [-0.25, -0.2) is 0 Å². The van der Waals surface area contributed by atoms with Gasteiger partial charge in [-0.05, 0) is 45.4 Å². The highest BCUT2D eigenvalue weighted by molar-refractivity contribution is 5.94. The molecule has 1 aliphatic rings. The van der Waals surface area contributed by atoms with Crippen LogP contribution in [0.2, 0.25) is 0 Å². The molecule has 1 amide bonds. The van der Waals surface area contributed by atoms with Crippen LogP contribution in [0.4, 0.5) is 0 Å². The molecule has 0 radical (unpaired) electrons. The van der Waals surface area contributed by atoms with E-state index in [4.69, 9.17) is 0 Å². The van der Waals surface area contributed by atoms with E-state index in [0.29, 0.717) is 6.54 Å². The molecule has 1 saturated heterocycles. The number of carbonyl (C=O) groups excluding carboxylic acids is 1. The summed E-state index contributed by atoms with van der Waals surface area (Å²) in [5.74, 6) is -0.169. The number of hydrogen-bond acceptors (Lipinski definition) is 3. The lowest BCUT2D eigenvalue weighted by Crippen LogP contribution is -2.49. The summed E-state index contributed by atoms with van der Waals surface area (Å²) in [6.07, 6.45) is 2.06. The van der Waals surface area contributed by atoms with Crippen LogP contribution in [-0.4, -0.2) is 41.5 Å². The maximum Gasteiger partial charge on any atom is 0.260 e. The topological polar surface area (TPSA) is 65.2 Å². The number of nitrogens with one attached hydrogen (secondary N) is 2. The van der Waals surface area contributed by atoms with Crippen LogP contribution in [0.3, 0.4) is 0 Å². The molecule has 2 heterocycles. The second kappa shape index (κ2) is 6.02. The van der Waals surface area contributed by atoms with Crippen molar-refractivity contribution in [1.82, 2.24) is 15.2 Å². The van der Waals surface area contributed by atoms with Crippen molar-refractivity contribution in [2.24, 2.45) is 0 Å². The van der Waals surface area contributed by atoms with Crippen molar-refractivity contribution in [3.05, 3.63) is 33.7 Å². The quantitative estimate of drug-likeness (QED) is 0.851. The standard InChI is InChI=1S/C14H21N3O2/c1-3-17(11-5-4-8-15-9-11)14(19)12-7-6-10(2)16-13(12)18/h6-7,11,15H,3-5,8-9H2,1-2H3,(H,16,18). The molecule has 1 unspecified atom stereocenters. The zero-order valence-electron chi connectivity index (χ0n) is 11.5. The number of piperidine rings is 1. The molecule has 1 atom stereocenters. The van der Waals surface area contributed by atoms with Gasteiger partial charge in [0.15, 0.2) is 0 Å². The first-order valence-electron chi connectivity index (χ1n) is 6.85. The van der Waals surface area contributed by atoms with Gasteiger partial charge in [0.1, 0.15) is 5.56 Å². The number of amides is 1. The highest BCUT2D eigenvalue weighted by Gasteiger charge is 2.26. The number of aryl methyl sites for hydroxylation is 1.